The number of benzene rings is 1. The molecule has 2 heterocycles. The van der Waals surface area contributed by atoms with Crippen molar-refractivity contribution >= 4 is 0 Å². The van der Waals surface area contributed by atoms with Crippen molar-refractivity contribution in [3.05, 3.63) is 35.9 Å². The second kappa shape index (κ2) is 13.2. The van der Waals surface area contributed by atoms with E-state index in [0.717, 1.165) is 5.56 Å². The average molecular weight is 489 g/mol. The van der Waals surface area contributed by atoms with Gasteiger partial charge in [-0.1, -0.05) is 30.3 Å². The molecule has 194 valence electrons. The first kappa shape index (κ1) is 27.4. The zero-order valence-electron chi connectivity index (χ0n) is 19.9. The third-order valence-corrected chi connectivity index (χ3v) is 6.10. The summed E-state index contributed by atoms with van der Waals surface area (Å²) in [5.74, 6) is 0. The molecule has 11 nitrogen and oxygen atoms in total. The van der Waals surface area contributed by atoms with Gasteiger partial charge in [-0.2, -0.15) is 0 Å². The molecule has 1 aromatic rings. The lowest BCUT2D eigenvalue weighted by Gasteiger charge is -2.48. The number of ether oxygens (including phenoxy) is 8. The normalized spacial score (nSPS) is 38.7. The van der Waals surface area contributed by atoms with Crippen molar-refractivity contribution < 1.29 is 53.2 Å². The van der Waals surface area contributed by atoms with Gasteiger partial charge in [-0.05, 0) is 5.56 Å². The van der Waals surface area contributed by atoms with E-state index in [2.05, 4.69) is 0 Å². The molecule has 0 saturated carbocycles. The number of rotatable bonds is 11. The van der Waals surface area contributed by atoms with E-state index in [1.807, 2.05) is 30.3 Å². The van der Waals surface area contributed by atoms with E-state index in [1.54, 1.807) is 0 Å². The maximum atomic E-state index is 10.7. The number of aliphatic hydroxyl groups excluding tert-OH is 3. The third kappa shape index (κ3) is 6.12. The van der Waals surface area contributed by atoms with Crippen LogP contribution in [-0.2, 0) is 44.5 Å². The maximum Gasteiger partial charge on any atom is 0.187 e. The van der Waals surface area contributed by atoms with Gasteiger partial charge in [-0.25, -0.2) is 0 Å². The molecule has 0 aromatic heterocycles. The van der Waals surface area contributed by atoms with Crippen LogP contribution in [0, 0.1) is 0 Å². The van der Waals surface area contributed by atoms with Crippen LogP contribution in [0.2, 0.25) is 0 Å². The first-order chi connectivity index (χ1) is 16.5. The van der Waals surface area contributed by atoms with Crippen molar-refractivity contribution in [1.29, 1.82) is 0 Å². The quantitative estimate of drug-likeness (QED) is 0.370. The molecule has 2 aliphatic rings. The molecule has 1 aromatic carbocycles. The highest BCUT2D eigenvalue weighted by Gasteiger charge is 2.52. The molecule has 0 spiro atoms. The molecule has 11 heteroatoms. The molecular weight excluding hydrogens is 452 g/mol. The van der Waals surface area contributed by atoms with Crippen molar-refractivity contribution in [2.24, 2.45) is 0 Å². The molecule has 34 heavy (non-hydrogen) atoms. The minimum Gasteiger partial charge on any atom is -0.394 e. The standard InChI is InChI=1S/C23H36O11/c1-27-12-15-18(34-22-17(26)19(28-2)16(25)14(10-24)32-22)20(29-3)21(23(30-4)33-15)31-11-13-8-6-5-7-9-13/h5-9,14-26H,10-12H2,1-4H3/t14-,15?,16+,17?,18+,19?,20-,21?,22+,23-/m0/s1. The summed E-state index contributed by atoms with van der Waals surface area (Å²) in [6.07, 6.45) is -9.50. The van der Waals surface area contributed by atoms with E-state index in [9.17, 15) is 15.3 Å². The summed E-state index contributed by atoms with van der Waals surface area (Å²) in [5, 5.41) is 30.7. The second-order valence-electron chi connectivity index (χ2n) is 8.20. The zero-order valence-corrected chi connectivity index (χ0v) is 19.9. The monoisotopic (exact) mass is 488 g/mol. The summed E-state index contributed by atoms with van der Waals surface area (Å²) in [5.41, 5.74) is 0.956. The SMILES string of the molecule is COCC1O[C@H](OC)C(OCc2ccccc2)[C@@H](OC)[C@@H]1O[C@H]1O[C@@H](CO)[C@@H](O)C(OC)C1O. The fourth-order valence-electron chi connectivity index (χ4n) is 4.34. The van der Waals surface area contributed by atoms with Crippen molar-refractivity contribution in [3.8, 4) is 0 Å². The molecular formula is C23H36O11. The van der Waals surface area contributed by atoms with Crippen LogP contribution < -0.4 is 0 Å². The Kier molecular flexibility index (Phi) is 10.6. The first-order valence-corrected chi connectivity index (χ1v) is 11.1. The van der Waals surface area contributed by atoms with Crippen LogP contribution in [-0.4, -0.2) is 118 Å². The Hall–Kier alpha value is -1.22. The van der Waals surface area contributed by atoms with Gasteiger partial charge in [0, 0.05) is 28.4 Å². The Labute approximate surface area is 199 Å². The topological polar surface area (TPSA) is 135 Å². The summed E-state index contributed by atoms with van der Waals surface area (Å²) in [4.78, 5) is 0. The van der Waals surface area contributed by atoms with Gasteiger partial charge in [0.1, 0.15) is 48.8 Å². The summed E-state index contributed by atoms with van der Waals surface area (Å²) in [6.45, 7) is -0.0692. The molecule has 2 saturated heterocycles. The van der Waals surface area contributed by atoms with Gasteiger partial charge < -0.3 is 53.2 Å². The maximum absolute atomic E-state index is 10.7. The molecule has 2 aliphatic heterocycles. The molecule has 0 aliphatic carbocycles. The molecule has 10 atom stereocenters. The van der Waals surface area contributed by atoms with E-state index in [1.165, 1.54) is 28.4 Å². The number of methoxy groups -OCH3 is 4. The van der Waals surface area contributed by atoms with E-state index >= 15 is 0 Å². The van der Waals surface area contributed by atoms with Gasteiger partial charge >= 0.3 is 0 Å². The fourth-order valence-corrected chi connectivity index (χ4v) is 4.34. The number of hydrogen-bond donors (Lipinski definition) is 3. The van der Waals surface area contributed by atoms with Crippen molar-refractivity contribution in [3.63, 3.8) is 0 Å². The highest BCUT2D eigenvalue weighted by atomic mass is 16.8. The Bertz CT molecular complexity index is 707. The van der Waals surface area contributed by atoms with Crippen LogP contribution in [0.1, 0.15) is 5.56 Å². The lowest BCUT2D eigenvalue weighted by molar-refractivity contribution is -0.364. The Morgan fingerprint density at radius 3 is 2.03 bits per heavy atom. The van der Waals surface area contributed by atoms with Crippen LogP contribution in [0.25, 0.3) is 0 Å². The molecule has 3 N–H and O–H groups in total. The molecule has 3 rings (SSSR count). The van der Waals surface area contributed by atoms with Crippen LogP contribution in [0.4, 0.5) is 0 Å². The van der Waals surface area contributed by atoms with Crippen LogP contribution in [0.15, 0.2) is 30.3 Å². The second-order valence-corrected chi connectivity index (χ2v) is 8.20. The Balaban J connectivity index is 1.82. The van der Waals surface area contributed by atoms with Crippen LogP contribution in [0.5, 0.6) is 0 Å². The predicted molar refractivity (Wildman–Crippen MR) is 117 cm³/mol. The van der Waals surface area contributed by atoms with Crippen molar-refractivity contribution in [2.75, 3.05) is 41.7 Å². The van der Waals surface area contributed by atoms with E-state index < -0.39 is 68.0 Å². The highest BCUT2D eigenvalue weighted by molar-refractivity contribution is 5.13. The molecule has 4 unspecified atom stereocenters. The summed E-state index contributed by atoms with van der Waals surface area (Å²) >= 11 is 0. The summed E-state index contributed by atoms with van der Waals surface area (Å²) in [7, 11) is 5.89. The minimum atomic E-state index is -1.34. The molecule has 2 fully saturated rings. The first-order valence-electron chi connectivity index (χ1n) is 11.1. The van der Waals surface area contributed by atoms with Crippen molar-refractivity contribution in [2.45, 2.75) is 68.0 Å². The summed E-state index contributed by atoms with van der Waals surface area (Å²) in [6, 6.07) is 9.62. The smallest absolute Gasteiger partial charge is 0.187 e. The molecule has 0 amide bonds. The van der Waals surface area contributed by atoms with Gasteiger partial charge in [0.05, 0.1) is 19.8 Å². The lowest BCUT2D eigenvalue weighted by atomic mass is 9.96. The fraction of sp³-hybridized carbons (Fsp3) is 0.739. The lowest BCUT2D eigenvalue weighted by Crippen LogP contribution is -2.65. The van der Waals surface area contributed by atoms with Gasteiger partial charge in [0.2, 0.25) is 0 Å². The van der Waals surface area contributed by atoms with E-state index in [-0.39, 0.29) is 13.2 Å². The third-order valence-electron chi connectivity index (χ3n) is 6.10. The van der Waals surface area contributed by atoms with Gasteiger partial charge in [0.25, 0.3) is 0 Å². The Morgan fingerprint density at radius 2 is 1.44 bits per heavy atom. The average Bonchev–Trinajstić information content (AvgIpc) is 2.86. The molecule has 0 bridgehead atoms. The van der Waals surface area contributed by atoms with Gasteiger partial charge in [-0.15, -0.1) is 0 Å². The van der Waals surface area contributed by atoms with E-state index in [4.69, 9.17) is 37.9 Å². The van der Waals surface area contributed by atoms with Gasteiger partial charge in [0.15, 0.2) is 12.6 Å². The predicted octanol–water partition coefficient (Wildman–Crippen LogP) is -0.556. The largest absolute Gasteiger partial charge is 0.394 e. The zero-order chi connectivity index (χ0) is 24.7. The minimum absolute atomic E-state index is 0.137. The van der Waals surface area contributed by atoms with Crippen molar-refractivity contribution in [1.82, 2.24) is 0 Å². The highest BCUT2D eigenvalue weighted by Crippen LogP contribution is 2.33. The van der Waals surface area contributed by atoms with Gasteiger partial charge in [-0.3, -0.25) is 0 Å². The summed E-state index contributed by atoms with van der Waals surface area (Å²) < 4.78 is 45.9. The Morgan fingerprint density at radius 1 is 0.765 bits per heavy atom. The van der Waals surface area contributed by atoms with E-state index in [0.29, 0.717) is 0 Å². The molecule has 0 radical (unpaired) electrons. The van der Waals surface area contributed by atoms with Crippen LogP contribution in [0.3, 0.4) is 0 Å². The number of hydrogen-bond acceptors (Lipinski definition) is 11. The van der Waals surface area contributed by atoms with Crippen LogP contribution >= 0.6 is 0 Å². The number of aliphatic hydroxyl groups is 3.